The lowest BCUT2D eigenvalue weighted by atomic mass is 10.0. The molecule has 2 aromatic rings. The molecule has 17 heavy (non-hydrogen) atoms. The molecule has 0 bridgehead atoms. The van der Waals surface area contributed by atoms with Crippen LogP contribution >= 0.6 is 0 Å². The maximum absolute atomic E-state index is 5.68. The SMILES string of the molecule is CCC(CN)Cc1nc2cc(OC)ccc2o1. The highest BCUT2D eigenvalue weighted by atomic mass is 16.5. The number of nitrogens with zero attached hydrogens (tertiary/aromatic N) is 1. The third kappa shape index (κ3) is 2.58. The molecule has 0 aliphatic heterocycles. The highest BCUT2D eigenvalue weighted by Gasteiger charge is 2.11. The maximum atomic E-state index is 5.68. The first kappa shape index (κ1) is 11.9. The van der Waals surface area contributed by atoms with Crippen molar-refractivity contribution >= 4 is 11.1 Å². The fourth-order valence-corrected chi connectivity index (χ4v) is 1.81. The van der Waals surface area contributed by atoms with Crippen LogP contribution in [0.4, 0.5) is 0 Å². The van der Waals surface area contributed by atoms with E-state index in [2.05, 4.69) is 11.9 Å². The summed E-state index contributed by atoms with van der Waals surface area (Å²) in [5.74, 6) is 1.98. The lowest BCUT2D eigenvalue weighted by Gasteiger charge is -2.07. The van der Waals surface area contributed by atoms with E-state index >= 15 is 0 Å². The first-order valence-corrected chi connectivity index (χ1v) is 5.90. The number of fused-ring (bicyclic) bond motifs is 1. The largest absolute Gasteiger partial charge is 0.497 e. The van der Waals surface area contributed by atoms with Gasteiger partial charge in [-0.25, -0.2) is 4.98 Å². The number of nitrogens with two attached hydrogens (primary N) is 1. The van der Waals surface area contributed by atoms with Crippen LogP contribution in [0.25, 0.3) is 11.1 Å². The molecule has 0 fully saturated rings. The normalized spacial score (nSPS) is 12.9. The maximum Gasteiger partial charge on any atom is 0.195 e. The van der Waals surface area contributed by atoms with E-state index < -0.39 is 0 Å². The first-order valence-electron chi connectivity index (χ1n) is 5.90. The van der Waals surface area contributed by atoms with E-state index in [0.29, 0.717) is 12.5 Å². The molecule has 0 aliphatic carbocycles. The minimum atomic E-state index is 0.435. The number of ether oxygens (including phenoxy) is 1. The van der Waals surface area contributed by atoms with Gasteiger partial charge in [-0.1, -0.05) is 13.3 Å². The lowest BCUT2D eigenvalue weighted by Crippen LogP contribution is -2.15. The Morgan fingerprint density at radius 1 is 1.47 bits per heavy atom. The molecule has 1 unspecified atom stereocenters. The van der Waals surface area contributed by atoms with Gasteiger partial charge in [0.15, 0.2) is 11.5 Å². The smallest absolute Gasteiger partial charge is 0.195 e. The fraction of sp³-hybridized carbons (Fsp3) is 0.462. The number of hydrogen-bond donors (Lipinski definition) is 1. The molecule has 0 radical (unpaired) electrons. The lowest BCUT2D eigenvalue weighted by molar-refractivity contribution is 0.415. The van der Waals surface area contributed by atoms with Crippen molar-refractivity contribution in [1.82, 2.24) is 4.98 Å². The Hall–Kier alpha value is -1.55. The van der Waals surface area contributed by atoms with Gasteiger partial charge in [-0.3, -0.25) is 0 Å². The Bertz CT molecular complexity index is 489. The molecule has 0 aliphatic rings. The van der Waals surface area contributed by atoms with Gasteiger partial charge in [-0.15, -0.1) is 0 Å². The summed E-state index contributed by atoms with van der Waals surface area (Å²) in [6.45, 7) is 2.79. The molecule has 0 amide bonds. The Labute approximate surface area is 101 Å². The van der Waals surface area contributed by atoms with E-state index in [4.69, 9.17) is 14.9 Å². The third-order valence-electron chi connectivity index (χ3n) is 3.01. The average Bonchev–Trinajstić information content (AvgIpc) is 2.76. The zero-order valence-electron chi connectivity index (χ0n) is 10.3. The Kier molecular flexibility index (Phi) is 3.64. The van der Waals surface area contributed by atoms with Gasteiger partial charge in [0.2, 0.25) is 0 Å². The van der Waals surface area contributed by atoms with E-state index in [1.807, 2.05) is 18.2 Å². The van der Waals surface area contributed by atoms with Gasteiger partial charge < -0.3 is 14.9 Å². The summed E-state index contributed by atoms with van der Waals surface area (Å²) in [4.78, 5) is 4.45. The second-order valence-electron chi connectivity index (χ2n) is 4.16. The number of methoxy groups -OCH3 is 1. The second kappa shape index (κ2) is 5.19. The molecule has 2 rings (SSSR count). The molecule has 1 atom stereocenters. The predicted molar refractivity (Wildman–Crippen MR) is 67.1 cm³/mol. The summed E-state index contributed by atoms with van der Waals surface area (Å²) in [5.41, 5.74) is 7.32. The van der Waals surface area contributed by atoms with Crippen LogP contribution in [0, 0.1) is 5.92 Å². The molecule has 1 aromatic heterocycles. The van der Waals surface area contributed by atoms with E-state index in [9.17, 15) is 0 Å². The molecule has 0 saturated carbocycles. The van der Waals surface area contributed by atoms with Crippen molar-refractivity contribution < 1.29 is 9.15 Å². The Morgan fingerprint density at radius 2 is 2.29 bits per heavy atom. The van der Waals surface area contributed by atoms with Crippen LogP contribution < -0.4 is 10.5 Å². The monoisotopic (exact) mass is 234 g/mol. The van der Waals surface area contributed by atoms with Gasteiger partial charge in [0, 0.05) is 12.5 Å². The molecule has 4 nitrogen and oxygen atoms in total. The average molecular weight is 234 g/mol. The van der Waals surface area contributed by atoms with Crippen molar-refractivity contribution in [2.75, 3.05) is 13.7 Å². The van der Waals surface area contributed by atoms with E-state index in [1.165, 1.54) is 0 Å². The standard InChI is InChI=1S/C13H18N2O2/c1-3-9(8-14)6-13-15-11-7-10(16-2)4-5-12(11)17-13/h4-5,7,9H,3,6,8,14H2,1-2H3. The Balaban J connectivity index is 2.25. The summed E-state index contributed by atoms with van der Waals surface area (Å²) in [6.07, 6.45) is 1.84. The minimum absolute atomic E-state index is 0.435. The number of rotatable bonds is 5. The second-order valence-corrected chi connectivity index (χ2v) is 4.16. The van der Waals surface area contributed by atoms with Crippen LogP contribution in [0.1, 0.15) is 19.2 Å². The Morgan fingerprint density at radius 3 is 2.94 bits per heavy atom. The van der Waals surface area contributed by atoms with Gasteiger partial charge in [0.25, 0.3) is 0 Å². The third-order valence-corrected chi connectivity index (χ3v) is 3.01. The highest BCUT2D eigenvalue weighted by Crippen LogP contribution is 2.22. The van der Waals surface area contributed by atoms with Gasteiger partial charge in [0.1, 0.15) is 11.3 Å². The summed E-state index contributed by atoms with van der Waals surface area (Å²) in [7, 11) is 1.64. The topological polar surface area (TPSA) is 61.3 Å². The van der Waals surface area contributed by atoms with Crippen LogP contribution in [0.2, 0.25) is 0 Å². The van der Waals surface area contributed by atoms with Gasteiger partial charge in [-0.2, -0.15) is 0 Å². The predicted octanol–water partition coefficient (Wildman–Crippen LogP) is 2.36. The summed E-state index contributed by atoms with van der Waals surface area (Å²) < 4.78 is 10.8. The van der Waals surface area contributed by atoms with Gasteiger partial charge in [0.05, 0.1) is 7.11 Å². The molecule has 4 heteroatoms. The van der Waals surface area contributed by atoms with Crippen molar-refractivity contribution in [3.05, 3.63) is 24.1 Å². The van der Waals surface area contributed by atoms with Crippen molar-refractivity contribution in [2.45, 2.75) is 19.8 Å². The number of oxazole rings is 1. The van der Waals surface area contributed by atoms with Gasteiger partial charge in [-0.05, 0) is 24.6 Å². The van der Waals surface area contributed by atoms with Crippen molar-refractivity contribution in [3.8, 4) is 5.75 Å². The number of benzene rings is 1. The van der Waals surface area contributed by atoms with Gasteiger partial charge >= 0.3 is 0 Å². The molecule has 0 saturated heterocycles. The molecule has 2 N–H and O–H groups in total. The van der Waals surface area contributed by atoms with E-state index in [1.54, 1.807) is 7.11 Å². The van der Waals surface area contributed by atoms with E-state index in [-0.39, 0.29) is 0 Å². The van der Waals surface area contributed by atoms with Crippen LogP contribution in [0.3, 0.4) is 0 Å². The fourth-order valence-electron chi connectivity index (χ4n) is 1.81. The van der Waals surface area contributed by atoms with Crippen molar-refractivity contribution in [3.63, 3.8) is 0 Å². The van der Waals surface area contributed by atoms with Crippen LogP contribution in [0.15, 0.2) is 22.6 Å². The first-order chi connectivity index (χ1) is 8.26. The summed E-state index contributed by atoms with van der Waals surface area (Å²) >= 11 is 0. The molecule has 1 heterocycles. The van der Waals surface area contributed by atoms with Crippen molar-refractivity contribution in [1.29, 1.82) is 0 Å². The molecule has 0 spiro atoms. The van der Waals surface area contributed by atoms with Crippen LogP contribution in [-0.4, -0.2) is 18.6 Å². The van der Waals surface area contributed by atoms with Crippen LogP contribution in [0.5, 0.6) is 5.75 Å². The van der Waals surface area contributed by atoms with E-state index in [0.717, 1.165) is 35.6 Å². The van der Waals surface area contributed by atoms with Crippen molar-refractivity contribution in [2.24, 2.45) is 11.7 Å². The number of hydrogen-bond acceptors (Lipinski definition) is 4. The molecule has 92 valence electrons. The quantitative estimate of drug-likeness (QED) is 0.862. The zero-order valence-corrected chi connectivity index (χ0v) is 10.3. The van der Waals surface area contributed by atoms with Crippen LogP contribution in [-0.2, 0) is 6.42 Å². The molecule has 1 aromatic carbocycles. The summed E-state index contributed by atoms with van der Waals surface area (Å²) in [5, 5.41) is 0. The minimum Gasteiger partial charge on any atom is -0.497 e. The highest BCUT2D eigenvalue weighted by molar-refractivity contribution is 5.74. The molecular weight excluding hydrogens is 216 g/mol. The summed E-state index contributed by atoms with van der Waals surface area (Å²) in [6, 6.07) is 5.64. The molecular formula is C13H18N2O2. The number of aromatic nitrogens is 1. The zero-order chi connectivity index (χ0) is 12.3.